The number of nitrogens with one attached hydrogen (secondary N) is 1. The van der Waals surface area contributed by atoms with Crippen molar-refractivity contribution in [1.82, 2.24) is 5.32 Å². The summed E-state index contributed by atoms with van der Waals surface area (Å²) in [7, 11) is -2.19. The minimum atomic E-state index is -3.68. The Morgan fingerprint density at radius 2 is 1.59 bits per heavy atom. The number of carbonyl (C=O) groups excluding carboxylic acids is 1. The fourth-order valence-electron chi connectivity index (χ4n) is 2.96. The SMILES string of the molecule is Cc1ccc(S(=O)(=O)N(C)c2ccc(OCC(=O)NCCc3ccc(F)cc3)cc2)cc1. The average Bonchev–Trinajstić information content (AvgIpc) is 2.79. The largest absolute Gasteiger partial charge is 0.484 e. The molecular weight excluding hydrogens is 431 g/mol. The summed E-state index contributed by atoms with van der Waals surface area (Å²) < 4.78 is 45.1. The summed E-state index contributed by atoms with van der Waals surface area (Å²) in [6, 6.07) is 19.2. The van der Waals surface area contributed by atoms with E-state index in [2.05, 4.69) is 5.32 Å². The molecule has 0 atom stereocenters. The summed E-state index contributed by atoms with van der Waals surface area (Å²) in [6.45, 7) is 2.14. The lowest BCUT2D eigenvalue weighted by atomic mass is 10.1. The number of halogens is 1. The van der Waals surface area contributed by atoms with Gasteiger partial charge >= 0.3 is 0 Å². The van der Waals surface area contributed by atoms with E-state index in [0.29, 0.717) is 24.4 Å². The molecular formula is C24H25FN2O4S. The number of ether oxygens (including phenoxy) is 1. The van der Waals surface area contributed by atoms with Crippen LogP contribution in [0.2, 0.25) is 0 Å². The van der Waals surface area contributed by atoms with Crippen molar-refractivity contribution in [2.75, 3.05) is 24.5 Å². The number of hydrogen-bond acceptors (Lipinski definition) is 4. The van der Waals surface area contributed by atoms with Gasteiger partial charge in [-0.25, -0.2) is 12.8 Å². The fraction of sp³-hybridized carbons (Fsp3) is 0.208. The Morgan fingerprint density at radius 3 is 2.22 bits per heavy atom. The van der Waals surface area contributed by atoms with Gasteiger partial charge < -0.3 is 10.1 Å². The van der Waals surface area contributed by atoms with Gasteiger partial charge in [0.05, 0.1) is 10.6 Å². The van der Waals surface area contributed by atoms with Crippen molar-refractivity contribution in [3.05, 3.63) is 89.7 Å². The van der Waals surface area contributed by atoms with Gasteiger partial charge in [0.1, 0.15) is 11.6 Å². The summed E-state index contributed by atoms with van der Waals surface area (Å²) in [5.41, 5.74) is 2.38. The Labute approximate surface area is 187 Å². The Morgan fingerprint density at radius 1 is 0.969 bits per heavy atom. The van der Waals surface area contributed by atoms with Crippen molar-refractivity contribution in [1.29, 1.82) is 0 Å². The van der Waals surface area contributed by atoms with Crippen LogP contribution < -0.4 is 14.4 Å². The van der Waals surface area contributed by atoms with Gasteiger partial charge in [0.25, 0.3) is 15.9 Å². The quantitative estimate of drug-likeness (QED) is 0.533. The molecule has 3 aromatic rings. The minimum Gasteiger partial charge on any atom is -0.484 e. The van der Waals surface area contributed by atoms with Crippen molar-refractivity contribution >= 4 is 21.6 Å². The van der Waals surface area contributed by atoms with Crippen molar-refractivity contribution in [2.45, 2.75) is 18.2 Å². The molecule has 1 amide bonds. The van der Waals surface area contributed by atoms with E-state index in [1.165, 1.54) is 23.5 Å². The summed E-state index contributed by atoms with van der Waals surface area (Å²) in [5, 5.41) is 2.74. The average molecular weight is 457 g/mol. The first kappa shape index (κ1) is 23.3. The van der Waals surface area contributed by atoms with Crippen molar-refractivity contribution in [3.63, 3.8) is 0 Å². The number of benzene rings is 3. The Bertz CT molecular complexity index is 1150. The van der Waals surface area contributed by atoms with E-state index in [9.17, 15) is 17.6 Å². The number of carbonyl (C=O) groups is 1. The molecule has 8 heteroatoms. The predicted octanol–water partition coefficient (Wildman–Crippen LogP) is 3.70. The molecule has 0 aliphatic carbocycles. The molecule has 0 bridgehead atoms. The van der Waals surface area contributed by atoms with Crippen LogP contribution >= 0.6 is 0 Å². The molecule has 3 aromatic carbocycles. The summed E-state index contributed by atoms with van der Waals surface area (Å²) in [4.78, 5) is 12.2. The first-order valence-electron chi connectivity index (χ1n) is 10.1. The number of anilines is 1. The highest BCUT2D eigenvalue weighted by atomic mass is 32.2. The predicted molar refractivity (Wildman–Crippen MR) is 122 cm³/mol. The van der Waals surface area contributed by atoms with E-state index in [-0.39, 0.29) is 23.2 Å². The second-order valence-electron chi connectivity index (χ2n) is 7.29. The Balaban J connectivity index is 1.50. The first-order chi connectivity index (χ1) is 15.3. The molecule has 0 aliphatic heterocycles. The van der Waals surface area contributed by atoms with Gasteiger partial charge in [0.15, 0.2) is 6.61 Å². The second kappa shape index (κ2) is 10.3. The normalized spacial score (nSPS) is 11.1. The molecule has 0 heterocycles. The Hall–Kier alpha value is -3.39. The number of sulfonamides is 1. The lowest BCUT2D eigenvalue weighted by molar-refractivity contribution is -0.123. The molecule has 0 radical (unpaired) electrons. The van der Waals surface area contributed by atoms with Crippen LogP contribution in [0.25, 0.3) is 0 Å². The molecule has 0 aliphatic rings. The van der Waals surface area contributed by atoms with Gasteiger partial charge in [-0.3, -0.25) is 9.10 Å². The number of aryl methyl sites for hydroxylation is 1. The molecule has 168 valence electrons. The first-order valence-corrected chi connectivity index (χ1v) is 11.5. The molecule has 1 N–H and O–H groups in total. The molecule has 6 nitrogen and oxygen atoms in total. The van der Waals surface area contributed by atoms with E-state index in [1.807, 2.05) is 6.92 Å². The zero-order chi connectivity index (χ0) is 23.1. The molecule has 0 spiro atoms. The second-order valence-corrected chi connectivity index (χ2v) is 9.26. The highest BCUT2D eigenvalue weighted by Crippen LogP contribution is 2.24. The maximum atomic E-state index is 12.9. The van der Waals surface area contributed by atoms with E-state index >= 15 is 0 Å². The van der Waals surface area contributed by atoms with Crippen LogP contribution in [0.15, 0.2) is 77.7 Å². The maximum absolute atomic E-state index is 12.9. The molecule has 0 saturated heterocycles. The number of nitrogens with zero attached hydrogens (tertiary/aromatic N) is 1. The highest BCUT2D eigenvalue weighted by molar-refractivity contribution is 7.92. The van der Waals surface area contributed by atoms with E-state index in [1.54, 1.807) is 60.7 Å². The van der Waals surface area contributed by atoms with Crippen LogP contribution in [0.3, 0.4) is 0 Å². The summed E-state index contributed by atoms with van der Waals surface area (Å²) >= 11 is 0. The third-order valence-electron chi connectivity index (χ3n) is 4.90. The molecule has 3 rings (SSSR count). The molecule has 0 unspecified atom stereocenters. The van der Waals surface area contributed by atoms with Crippen LogP contribution in [0, 0.1) is 12.7 Å². The lowest BCUT2D eigenvalue weighted by Gasteiger charge is -2.20. The van der Waals surface area contributed by atoms with Crippen molar-refractivity contribution in [2.24, 2.45) is 0 Å². The monoisotopic (exact) mass is 456 g/mol. The van der Waals surface area contributed by atoms with Crippen LogP contribution in [0.4, 0.5) is 10.1 Å². The van der Waals surface area contributed by atoms with Gasteiger partial charge in [0, 0.05) is 13.6 Å². The zero-order valence-corrected chi connectivity index (χ0v) is 18.7. The van der Waals surface area contributed by atoms with E-state index in [0.717, 1.165) is 11.1 Å². The number of rotatable bonds is 9. The Kier molecular flexibility index (Phi) is 7.48. The smallest absolute Gasteiger partial charge is 0.264 e. The fourth-order valence-corrected chi connectivity index (χ4v) is 4.15. The molecule has 0 aromatic heterocycles. The minimum absolute atomic E-state index is 0.166. The van der Waals surface area contributed by atoms with Crippen LogP contribution in [-0.2, 0) is 21.2 Å². The summed E-state index contributed by atoms with van der Waals surface area (Å²) in [6.07, 6.45) is 0.586. The van der Waals surface area contributed by atoms with Crippen molar-refractivity contribution in [3.8, 4) is 5.75 Å². The maximum Gasteiger partial charge on any atom is 0.264 e. The highest BCUT2D eigenvalue weighted by Gasteiger charge is 2.21. The van der Waals surface area contributed by atoms with Gasteiger partial charge in [-0.05, 0) is 67.4 Å². The lowest BCUT2D eigenvalue weighted by Crippen LogP contribution is -2.30. The van der Waals surface area contributed by atoms with Crippen LogP contribution in [0.5, 0.6) is 5.75 Å². The third-order valence-corrected chi connectivity index (χ3v) is 6.70. The van der Waals surface area contributed by atoms with Gasteiger partial charge in [-0.15, -0.1) is 0 Å². The standard InChI is InChI=1S/C24H25FN2O4S/c1-18-3-13-23(14-4-18)32(29,30)27(2)21-9-11-22(12-10-21)31-17-24(28)26-16-15-19-5-7-20(25)8-6-19/h3-14H,15-17H2,1-2H3,(H,26,28). The molecule has 0 saturated carbocycles. The number of amides is 1. The van der Waals surface area contributed by atoms with E-state index < -0.39 is 10.0 Å². The third kappa shape index (κ3) is 6.07. The van der Waals surface area contributed by atoms with Crippen molar-refractivity contribution < 1.29 is 22.3 Å². The van der Waals surface area contributed by atoms with Gasteiger partial charge in [-0.2, -0.15) is 0 Å². The van der Waals surface area contributed by atoms with Gasteiger partial charge in [-0.1, -0.05) is 29.8 Å². The summed E-state index contributed by atoms with van der Waals surface area (Å²) in [5.74, 6) is -0.130. The van der Waals surface area contributed by atoms with Gasteiger partial charge in [0.2, 0.25) is 0 Å². The molecule has 0 fully saturated rings. The number of hydrogen-bond donors (Lipinski definition) is 1. The van der Waals surface area contributed by atoms with E-state index in [4.69, 9.17) is 4.74 Å². The van der Waals surface area contributed by atoms with Crippen LogP contribution in [-0.4, -0.2) is 34.5 Å². The molecule has 32 heavy (non-hydrogen) atoms. The van der Waals surface area contributed by atoms with Crippen LogP contribution in [0.1, 0.15) is 11.1 Å². The zero-order valence-electron chi connectivity index (χ0n) is 17.9. The topological polar surface area (TPSA) is 75.7 Å².